The van der Waals surface area contributed by atoms with Crippen molar-refractivity contribution in [3.63, 3.8) is 0 Å². The van der Waals surface area contributed by atoms with Crippen molar-refractivity contribution < 1.29 is 9.53 Å². The van der Waals surface area contributed by atoms with E-state index in [4.69, 9.17) is 17.0 Å². The highest BCUT2D eigenvalue weighted by atomic mass is 32.1. The first-order valence-corrected chi connectivity index (χ1v) is 13.4. The third kappa shape index (κ3) is 3.30. The van der Waals surface area contributed by atoms with E-state index in [1.807, 2.05) is 0 Å². The summed E-state index contributed by atoms with van der Waals surface area (Å²) in [6, 6.07) is 11.0. The average Bonchev–Trinajstić information content (AvgIpc) is 3.11. The number of carbonyl (C=O) groups is 1. The number of esters is 1. The normalized spacial score (nSPS) is 40.6. The summed E-state index contributed by atoms with van der Waals surface area (Å²) >= 11 is 5.70. The van der Waals surface area contributed by atoms with Crippen LogP contribution in [-0.4, -0.2) is 17.2 Å². The Bertz CT molecular complexity index is 1090. The van der Waals surface area contributed by atoms with Crippen molar-refractivity contribution in [2.24, 2.45) is 28.6 Å². The molecule has 0 aromatic heterocycles. The van der Waals surface area contributed by atoms with Crippen LogP contribution in [0.1, 0.15) is 77.3 Å². The molecule has 0 spiro atoms. The van der Waals surface area contributed by atoms with Crippen LogP contribution < -0.4 is 10.6 Å². The average molecular weight is 477 g/mol. The molecule has 0 saturated heterocycles. The van der Waals surface area contributed by atoms with Crippen LogP contribution in [0.3, 0.4) is 0 Å². The number of ether oxygens (including phenoxy) is 1. The van der Waals surface area contributed by atoms with Gasteiger partial charge in [0.2, 0.25) is 0 Å². The highest BCUT2D eigenvalue weighted by Gasteiger charge is 2.59. The standard InChI is InChI=1S/C29H36N2O2S/c1-17(32)33-20-11-13-28(2)19(15-20)9-10-21-23(28)12-14-29(3)24(21)16-22-25(18-7-5-4-6-8-18)30-27(34)31-26(22)29/h4-9,20-21,23-25H,10-16H2,1-3H3,(H2,30,31,34)/t20-,21+,23-,24-,25?,28-,29-/m0/s1. The second-order valence-electron chi connectivity index (χ2n) is 11.7. The monoisotopic (exact) mass is 476 g/mol. The number of hydrogen-bond acceptors (Lipinski definition) is 3. The Balaban J connectivity index is 1.31. The highest BCUT2D eigenvalue weighted by molar-refractivity contribution is 7.80. The predicted octanol–water partition coefficient (Wildman–Crippen LogP) is 5.96. The van der Waals surface area contributed by atoms with E-state index >= 15 is 0 Å². The summed E-state index contributed by atoms with van der Waals surface area (Å²) in [4.78, 5) is 11.5. The second kappa shape index (κ2) is 7.94. The number of thiocarbonyl (C=S) groups is 1. The number of allylic oxidation sites excluding steroid dienone is 2. The van der Waals surface area contributed by atoms with Crippen molar-refractivity contribution in [1.29, 1.82) is 0 Å². The van der Waals surface area contributed by atoms with Crippen molar-refractivity contribution in [1.82, 2.24) is 10.6 Å². The van der Waals surface area contributed by atoms with E-state index in [2.05, 4.69) is 60.9 Å². The van der Waals surface area contributed by atoms with Crippen LogP contribution in [0.4, 0.5) is 0 Å². The molecule has 2 saturated carbocycles. The molecule has 180 valence electrons. The minimum absolute atomic E-state index is 0.0607. The zero-order chi connectivity index (χ0) is 23.7. The maximum absolute atomic E-state index is 11.5. The van der Waals surface area contributed by atoms with Crippen LogP contribution in [0.25, 0.3) is 0 Å². The fourth-order valence-electron chi connectivity index (χ4n) is 8.46. The first-order valence-electron chi connectivity index (χ1n) is 13.0. The molecule has 5 aliphatic rings. The lowest BCUT2D eigenvalue weighted by atomic mass is 9.48. The van der Waals surface area contributed by atoms with E-state index in [0.29, 0.717) is 17.8 Å². The minimum atomic E-state index is -0.147. The van der Waals surface area contributed by atoms with E-state index in [1.54, 1.807) is 5.57 Å². The van der Waals surface area contributed by atoms with Crippen LogP contribution >= 0.6 is 12.2 Å². The Labute approximate surface area is 208 Å². The molecule has 4 nitrogen and oxygen atoms in total. The Morgan fingerprint density at radius 3 is 2.59 bits per heavy atom. The molecule has 1 aromatic carbocycles. The Kier molecular flexibility index (Phi) is 5.22. The van der Waals surface area contributed by atoms with Gasteiger partial charge in [0.05, 0.1) is 6.04 Å². The molecule has 1 unspecified atom stereocenters. The van der Waals surface area contributed by atoms with Crippen LogP contribution in [0.15, 0.2) is 53.3 Å². The summed E-state index contributed by atoms with van der Waals surface area (Å²) in [6.07, 6.45) is 10.4. The first kappa shape index (κ1) is 22.3. The molecule has 1 aliphatic heterocycles. The molecular formula is C29H36N2O2S. The number of benzene rings is 1. The fourth-order valence-corrected chi connectivity index (χ4v) is 8.68. The summed E-state index contributed by atoms with van der Waals surface area (Å²) < 4.78 is 5.62. The zero-order valence-corrected chi connectivity index (χ0v) is 21.3. The van der Waals surface area contributed by atoms with Gasteiger partial charge in [-0.2, -0.15) is 0 Å². The van der Waals surface area contributed by atoms with Gasteiger partial charge in [-0.25, -0.2) is 0 Å². The molecule has 0 radical (unpaired) electrons. The SMILES string of the molecule is CC(=O)O[C@H]1CC[C@@]2(C)C(=CC[C@@H]3[C@@H]2CC[C@]2(C)C4=C(C[C@@H]32)C(c2ccccc2)NC(=S)N4)C1. The molecule has 34 heavy (non-hydrogen) atoms. The zero-order valence-electron chi connectivity index (χ0n) is 20.5. The molecule has 7 atom stereocenters. The molecule has 0 amide bonds. The van der Waals surface area contributed by atoms with E-state index in [9.17, 15) is 4.79 Å². The molecule has 2 fully saturated rings. The van der Waals surface area contributed by atoms with Gasteiger partial charge < -0.3 is 15.4 Å². The summed E-state index contributed by atoms with van der Waals surface area (Å²) in [5, 5.41) is 7.99. The highest BCUT2D eigenvalue weighted by Crippen LogP contribution is 2.66. The number of nitrogens with one attached hydrogen (secondary N) is 2. The van der Waals surface area contributed by atoms with Crippen molar-refractivity contribution in [3.05, 3.63) is 58.8 Å². The molecule has 6 rings (SSSR count). The van der Waals surface area contributed by atoms with E-state index in [0.717, 1.165) is 37.2 Å². The minimum Gasteiger partial charge on any atom is -0.462 e. The van der Waals surface area contributed by atoms with Crippen molar-refractivity contribution in [2.45, 2.75) is 77.9 Å². The first-order chi connectivity index (χ1) is 16.3. The van der Waals surface area contributed by atoms with Gasteiger partial charge in [-0.15, -0.1) is 0 Å². The van der Waals surface area contributed by atoms with Gasteiger partial charge in [0.25, 0.3) is 0 Å². The summed E-state index contributed by atoms with van der Waals surface area (Å²) in [5.74, 6) is 1.89. The molecule has 4 aliphatic carbocycles. The third-order valence-corrected chi connectivity index (χ3v) is 10.3. The van der Waals surface area contributed by atoms with Gasteiger partial charge in [-0.1, -0.05) is 55.8 Å². The van der Waals surface area contributed by atoms with Gasteiger partial charge >= 0.3 is 5.97 Å². The topological polar surface area (TPSA) is 50.4 Å². The molecule has 1 heterocycles. The van der Waals surface area contributed by atoms with Gasteiger partial charge in [0.15, 0.2) is 5.11 Å². The molecular weight excluding hydrogens is 440 g/mol. The lowest BCUT2D eigenvalue weighted by molar-refractivity contribution is -0.148. The number of carbonyl (C=O) groups excluding carboxylic acids is 1. The maximum atomic E-state index is 11.5. The van der Waals surface area contributed by atoms with Crippen molar-refractivity contribution in [3.8, 4) is 0 Å². The van der Waals surface area contributed by atoms with Crippen molar-refractivity contribution in [2.75, 3.05) is 0 Å². The van der Waals surface area contributed by atoms with Crippen LogP contribution in [0.2, 0.25) is 0 Å². The van der Waals surface area contributed by atoms with Crippen molar-refractivity contribution >= 4 is 23.3 Å². The van der Waals surface area contributed by atoms with Gasteiger partial charge in [0, 0.05) is 24.5 Å². The maximum Gasteiger partial charge on any atom is 0.302 e. The fraction of sp³-hybridized carbons (Fsp3) is 0.586. The molecule has 1 aromatic rings. The van der Waals surface area contributed by atoms with Gasteiger partial charge in [0.1, 0.15) is 6.10 Å². The van der Waals surface area contributed by atoms with E-state index < -0.39 is 0 Å². The summed E-state index contributed by atoms with van der Waals surface area (Å²) in [5.41, 5.74) is 6.18. The van der Waals surface area contributed by atoms with Crippen LogP contribution in [-0.2, 0) is 9.53 Å². The summed E-state index contributed by atoms with van der Waals surface area (Å²) in [7, 11) is 0. The second-order valence-corrected chi connectivity index (χ2v) is 12.1. The number of fused-ring (bicyclic) bond motifs is 6. The number of rotatable bonds is 2. The third-order valence-electron chi connectivity index (χ3n) is 10.1. The Hall–Kier alpha value is -2.14. The molecule has 2 N–H and O–H groups in total. The van der Waals surface area contributed by atoms with E-state index in [-0.39, 0.29) is 28.9 Å². The lowest BCUT2D eigenvalue weighted by Gasteiger charge is -2.57. The number of hydrogen-bond donors (Lipinski definition) is 2. The lowest BCUT2D eigenvalue weighted by Crippen LogP contribution is -2.52. The smallest absolute Gasteiger partial charge is 0.302 e. The van der Waals surface area contributed by atoms with Gasteiger partial charge in [-0.3, -0.25) is 4.79 Å². The van der Waals surface area contributed by atoms with E-state index in [1.165, 1.54) is 36.6 Å². The van der Waals surface area contributed by atoms with Gasteiger partial charge in [-0.05, 0) is 85.0 Å². The largest absolute Gasteiger partial charge is 0.462 e. The van der Waals surface area contributed by atoms with Crippen LogP contribution in [0, 0.1) is 28.6 Å². The molecule has 5 heteroatoms. The van der Waals surface area contributed by atoms with Crippen LogP contribution in [0.5, 0.6) is 0 Å². The molecule has 0 bridgehead atoms. The quantitative estimate of drug-likeness (QED) is 0.313. The summed E-state index contributed by atoms with van der Waals surface area (Å²) in [6.45, 7) is 6.54. The Morgan fingerprint density at radius 1 is 1.06 bits per heavy atom. The Morgan fingerprint density at radius 2 is 1.82 bits per heavy atom. The predicted molar refractivity (Wildman–Crippen MR) is 138 cm³/mol.